The Morgan fingerprint density at radius 3 is 2.69 bits per heavy atom. The van der Waals surface area contributed by atoms with Gasteiger partial charge in [0, 0.05) is 24.2 Å². The number of nitriles is 1. The van der Waals surface area contributed by atoms with Crippen LogP contribution in [0.1, 0.15) is 58.9 Å². The van der Waals surface area contributed by atoms with Crippen molar-refractivity contribution in [3.63, 3.8) is 0 Å². The molecule has 0 saturated heterocycles. The van der Waals surface area contributed by atoms with Crippen molar-refractivity contribution in [3.05, 3.63) is 23.8 Å². The normalized spacial score (nSPS) is 12.3. The lowest BCUT2D eigenvalue weighted by Gasteiger charge is -2.23. The van der Waals surface area contributed by atoms with E-state index in [1.54, 1.807) is 18.2 Å². The molecule has 0 bridgehead atoms. The summed E-state index contributed by atoms with van der Waals surface area (Å²) in [6.45, 7) is 8.63. The van der Waals surface area contributed by atoms with Crippen LogP contribution in [-0.2, 0) is 4.79 Å². The standard InChI is InChI=1S/C20H31N3O3/c1-5-6-7-8-19(25)23-16-9-10-18(15(11-16)12-21)26-14-17(24)13-22-20(2,3)4/h9-11,17,22,24H,5-8,13-14H2,1-4H3,(H,23,25). The van der Waals surface area contributed by atoms with Gasteiger partial charge in [0.15, 0.2) is 0 Å². The second-order valence-corrected chi connectivity index (χ2v) is 7.42. The van der Waals surface area contributed by atoms with Gasteiger partial charge in [-0.2, -0.15) is 5.26 Å². The lowest BCUT2D eigenvalue weighted by Crippen LogP contribution is -2.42. The number of nitrogens with zero attached hydrogens (tertiary/aromatic N) is 1. The summed E-state index contributed by atoms with van der Waals surface area (Å²) in [6.07, 6.45) is 2.74. The molecule has 1 amide bonds. The third-order valence-electron chi connectivity index (χ3n) is 3.69. The fourth-order valence-electron chi connectivity index (χ4n) is 2.25. The Kier molecular flexibility index (Phi) is 9.11. The Morgan fingerprint density at radius 2 is 2.08 bits per heavy atom. The topological polar surface area (TPSA) is 94.4 Å². The molecule has 1 aromatic rings. The van der Waals surface area contributed by atoms with Gasteiger partial charge in [0.1, 0.15) is 24.5 Å². The molecule has 0 spiro atoms. The van der Waals surface area contributed by atoms with Crippen molar-refractivity contribution in [2.24, 2.45) is 0 Å². The molecule has 0 saturated carbocycles. The van der Waals surface area contributed by atoms with E-state index in [1.807, 2.05) is 20.8 Å². The van der Waals surface area contributed by atoms with Gasteiger partial charge in [-0.15, -0.1) is 0 Å². The van der Waals surface area contributed by atoms with Crippen molar-refractivity contribution in [1.29, 1.82) is 5.26 Å². The van der Waals surface area contributed by atoms with Gasteiger partial charge >= 0.3 is 0 Å². The van der Waals surface area contributed by atoms with Gasteiger partial charge in [0.05, 0.1) is 5.56 Å². The summed E-state index contributed by atoms with van der Waals surface area (Å²) < 4.78 is 5.57. The molecule has 1 unspecified atom stereocenters. The molecule has 0 aromatic heterocycles. The second kappa shape index (κ2) is 10.8. The first kappa shape index (κ1) is 21.9. The fourth-order valence-corrected chi connectivity index (χ4v) is 2.25. The van der Waals surface area contributed by atoms with Crippen molar-refractivity contribution in [1.82, 2.24) is 5.32 Å². The van der Waals surface area contributed by atoms with Crippen LogP contribution < -0.4 is 15.4 Å². The Balaban J connectivity index is 2.58. The highest BCUT2D eigenvalue weighted by atomic mass is 16.5. The fraction of sp³-hybridized carbons (Fsp3) is 0.600. The summed E-state index contributed by atoms with van der Waals surface area (Å²) in [5.41, 5.74) is 0.813. The van der Waals surface area contributed by atoms with Crippen LogP contribution in [0.2, 0.25) is 0 Å². The van der Waals surface area contributed by atoms with Gasteiger partial charge in [0.25, 0.3) is 0 Å². The molecule has 0 radical (unpaired) electrons. The Labute approximate surface area is 156 Å². The molecule has 0 aliphatic rings. The Bertz CT molecular complexity index is 618. The molecule has 6 heteroatoms. The number of carbonyl (C=O) groups is 1. The molecule has 0 aliphatic carbocycles. The van der Waals surface area contributed by atoms with E-state index in [0.29, 0.717) is 30.0 Å². The smallest absolute Gasteiger partial charge is 0.224 e. The number of carbonyl (C=O) groups excluding carboxylic acids is 1. The van der Waals surface area contributed by atoms with E-state index >= 15 is 0 Å². The van der Waals surface area contributed by atoms with E-state index in [-0.39, 0.29) is 18.1 Å². The number of nitrogens with one attached hydrogen (secondary N) is 2. The molecular weight excluding hydrogens is 330 g/mol. The summed E-state index contributed by atoms with van der Waals surface area (Å²) >= 11 is 0. The minimum atomic E-state index is -0.682. The maximum Gasteiger partial charge on any atom is 0.224 e. The molecule has 1 aromatic carbocycles. The monoisotopic (exact) mass is 361 g/mol. The molecule has 6 nitrogen and oxygen atoms in total. The van der Waals surface area contributed by atoms with Crippen molar-refractivity contribution in [2.45, 2.75) is 65.0 Å². The van der Waals surface area contributed by atoms with Crippen LogP contribution in [0.25, 0.3) is 0 Å². The van der Waals surface area contributed by atoms with Crippen molar-refractivity contribution >= 4 is 11.6 Å². The van der Waals surface area contributed by atoms with Crippen LogP contribution in [0.3, 0.4) is 0 Å². The highest BCUT2D eigenvalue weighted by Crippen LogP contribution is 2.22. The third kappa shape index (κ3) is 8.84. The number of hydrogen-bond donors (Lipinski definition) is 3. The first-order valence-corrected chi connectivity index (χ1v) is 9.15. The highest BCUT2D eigenvalue weighted by molar-refractivity contribution is 5.91. The average molecular weight is 361 g/mol. The van der Waals surface area contributed by atoms with E-state index in [9.17, 15) is 15.2 Å². The van der Waals surface area contributed by atoms with Gasteiger partial charge in [0.2, 0.25) is 5.91 Å². The molecule has 1 atom stereocenters. The molecular formula is C20H31N3O3. The lowest BCUT2D eigenvalue weighted by atomic mass is 10.1. The summed E-state index contributed by atoms with van der Waals surface area (Å²) in [4.78, 5) is 11.9. The van der Waals surface area contributed by atoms with Gasteiger partial charge in [-0.25, -0.2) is 0 Å². The zero-order valence-electron chi connectivity index (χ0n) is 16.3. The highest BCUT2D eigenvalue weighted by Gasteiger charge is 2.14. The van der Waals surface area contributed by atoms with Gasteiger partial charge < -0.3 is 20.5 Å². The van der Waals surface area contributed by atoms with Crippen LogP contribution in [0.5, 0.6) is 5.75 Å². The number of β-amino-alcohol motifs (C(OH)–C–C–N with tert-alkyl or cyclic N) is 1. The lowest BCUT2D eigenvalue weighted by molar-refractivity contribution is -0.116. The molecule has 0 heterocycles. The number of rotatable bonds is 10. The number of aliphatic hydroxyl groups is 1. The van der Waals surface area contributed by atoms with Crippen molar-refractivity contribution < 1.29 is 14.6 Å². The number of benzene rings is 1. The predicted octanol–water partition coefficient (Wildman–Crippen LogP) is 3.20. The van der Waals surface area contributed by atoms with Crippen molar-refractivity contribution in [3.8, 4) is 11.8 Å². The van der Waals surface area contributed by atoms with E-state index in [1.165, 1.54) is 0 Å². The van der Waals surface area contributed by atoms with Crippen molar-refractivity contribution in [2.75, 3.05) is 18.5 Å². The Hall–Kier alpha value is -2.10. The van der Waals surface area contributed by atoms with Crippen LogP contribution >= 0.6 is 0 Å². The number of unbranched alkanes of at least 4 members (excludes halogenated alkanes) is 2. The molecule has 26 heavy (non-hydrogen) atoms. The van der Waals surface area contributed by atoms with Gasteiger partial charge in [-0.05, 0) is 45.4 Å². The summed E-state index contributed by atoms with van der Waals surface area (Å²) in [5, 5.41) is 25.3. The van der Waals surface area contributed by atoms with E-state index < -0.39 is 6.10 Å². The number of ether oxygens (including phenoxy) is 1. The van der Waals surface area contributed by atoms with Gasteiger partial charge in [-0.3, -0.25) is 4.79 Å². The number of aliphatic hydroxyl groups excluding tert-OH is 1. The number of amides is 1. The zero-order chi connectivity index (χ0) is 19.6. The average Bonchev–Trinajstić information content (AvgIpc) is 2.58. The summed E-state index contributed by atoms with van der Waals surface area (Å²) in [7, 11) is 0. The minimum Gasteiger partial charge on any atom is -0.489 e. The van der Waals surface area contributed by atoms with Crippen LogP contribution in [0.15, 0.2) is 18.2 Å². The quantitative estimate of drug-likeness (QED) is 0.556. The van der Waals surface area contributed by atoms with Crippen LogP contribution in [0, 0.1) is 11.3 Å². The maximum atomic E-state index is 11.9. The molecule has 1 rings (SSSR count). The van der Waals surface area contributed by atoms with E-state index in [4.69, 9.17) is 4.74 Å². The molecule has 144 valence electrons. The first-order valence-electron chi connectivity index (χ1n) is 9.15. The van der Waals surface area contributed by atoms with E-state index in [0.717, 1.165) is 19.3 Å². The largest absolute Gasteiger partial charge is 0.489 e. The Morgan fingerprint density at radius 1 is 1.35 bits per heavy atom. The van der Waals surface area contributed by atoms with Gasteiger partial charge in [-0.1, -0.05) is 19.8 Å². The van der Waals surface area contributed by atoms with E-state index in [2.05, 4.69) is 23.6 Å². The first-order chi connectivity index (χ1) is 12.2. The second-order valence-electron chi connectivity index (χ2n) is 7.42. The minimum absolute atomic E-state index is 0.0558. The van der Waals surface area contributed by atoms with Crippen LogP contribution in [0.4, 0.5) is 5.69 Å². The molecule has 3 N–H and O–H groups in total. The predicted molar refractivity (Wildman–Crippen MR) is 103 cm³/mol. The summed E-state index contributed by atoms with van der Waals surface area (Å²) in [5.74, 6) is 0.339. The third-order valence-corrected chi connectivity index (χ3v) is 3.69. The zero-order valence-corrected chi connectivity index (χ0v) is 16.3. The SMILES string of the molecule is CCCCCC(=O)Nc1ccc(OCC(O)CNC(C)(C)C)c(C#N)c1. The molecule has 0 fully saturated rings. The molecule has 0 aliphatic heterocycles. The number of hydrogen-bond acceptors (Lipinski definition) is 5. The summed E-state index contributed by atoms with van der Waals surface area (Å²) in [6, 6.07) is 7.00. The number of anilines is 1. The van der Waals surface area contributed by atoms with Crippen LogP contribution in [-0.4, -0.2) is 35.8 Å². The maximum absolute atomic E-state index is 11.9.